The van der Waals surface area contributed by atoms with Crippen molar-refractivity contribution >= 4 is 40.5 Å². The predicted octanol–water partition coefficient (Wildman–Crippen LogP) is 5.45. The monoisotopic (exact) mass is 362 g/mol. The van der Waals surface area contributed by atoms with Crippen molar-refractivity contribution in [2.75, 3.05) is 6.26 Å². The second kappa shape index (κ2) is 6.26. The van der Waals surface area contributed by atoms with Crippen LogP contribution in [0.5, 0.6) is 0 Å². The quantitative estimate of drug-likeness (QED) is 0.679. The van der Waals surface area contributed by atoms with Gasteiger partial charge in [-0.2, -0.15) is 0 Å². The summed E-state index contributed by atoms with van der Waals surface area (Å²) in [6, 6.07) is 11.4. The highest BCUT2D eigenvalue weighted by Gasteiger charge is 2.43. The number of hydrogen-bond acceptors (Lipinski definition) is 3. The Morgan fingerprint density at radius 2 is 1.79 bits per heavy atom. The van der Waals surface area contributed by atoms with E-state index in [0.717, 1.165) is 4.90 Å². The highest BCUT2D eigenvalue weighted by Crippen LogP contribution is 2.43. The van der Waals surface area contributed by atoms with E-state index in [4.69, 9.17) is 16.3 Å². The Morgan fingerprint density at radius 1 is 1.12 bits per heavy atom. The van der Waals surface area contributed by atoms with Crippen LogP contribution >= 0.6 is 23.4 Å². The molecule has 0 saturated carbocycles. The van der Waals surface area contributed by atoms with Gasteiger partial charge in [-0.1, -0.05) is 23.7 Å². The summed E-state index contributed by atoms with van der Waals surface area (Å²) in [7, 11) is 0. The van der Waals surface area contributed by atoms with E-state index in [9.17, 15) is 9.18 Å². The summed E-state index contributed by atoms with van der Waals surface area (Å²) < 4.78 is 19.2. The zero-order valence-corrected chi connectivity index (χ0v) is 15.1. The van der Waals surface area contributed by atoms with Gasteiger partial charge in [0, 0.05) is 10.5 Å². The number of hydrogen-bond donors (Lipinski definition) is 0. The van der Waals surface area contributed by atoms with Gasteiger partial charge in [-0.25, -0.2) is 4.39 Å². The van der Waals surface area contributed by atoms with Gasteiger partial charge >= 0.3 is 0 Å². The van der Waals surface area contributed by atoms with Crippen LogP contribution in [-0.4, -0.2) is 17.6 Å². The molecule has 0 aliphatic carbocycles. The first-order chi connectivity index (χ1) is 11.3. The maximum absolute atomic E-state index is 13.2. The zero-order valence-electron chi connectivity index (χ0n) is 13.5. The Balaban J connectivity index is 2.20. The highest BCUT2D eigenvalue weighted by molar-refractivity contribution is 7.98. The molecule has 0 bridgehead atoms. The van der Waals surface area contributed by atoms with Crippen molar-refractivity contribution < 1.29 is 13.9 Å². The lowest BCUT2D eigenvalue weighted by Gasteiger charge is -2.18. The second-order valence-corrected chi connectivity index (χ2v) is 7.29. The molecule has 0 saturated heterocycles. The van der Waals surface area contributed by atoms with Crippen molar-refractivity contribution in [3.63, 3.8) is 0 Å². The van der Waals surface area contributed by atoms with Crippen LogP contribution < -0.4 is 0 Å². The van der Waals surface area contributed by atoms with Gasteiger partial charge in [-0.3, -0.25) is 4.79 Å². The number of Topliss-reactive ketones (excluding diaryl/α,β-unsaturated/α-hetero) is 1. The average Bonchev–Trinajstić information content (AvgIpc) is 2.78. The third kappa shape index (κ3) is 2.96. The third-order valence-electron chi connectivity index (χ3n) is 3.91. The fourth-order valence-electron chi connectivity index (χ4n) is 2.63. The number of carbonyl (C=O) groups is 1. The van der Waals surface area contributed by atoms with Crippen LogP contribution in [0.1, 0.15) is 25.0 Å². The van der Waals surface area contributed by atoms with E-state index in [-0.39, 0.29) is 11.6 Å². The van der Waals surface area contributed by atoms with Crippen molar-refractivity contribution in [2.24, 2.45) is 0 Å². The van der Waals surface area contributed by atoms with E-state index < -0.39 is 5.60 Å². The van der Waals surface area contributed by atoms with Crippen LogP contribution in [0.3, 0.4) is 0 Å². The standard InChI is InChI=1S/C19H16ClFO2S/c1-19(2)18(22)16(11-4-6-12(21)7-5-11)17(23-19)14-9-8-13(24-3)10-15(14)20/h4-10H,1-3H3. The summed E-state index contributed by atoms with van der Waals surface area (Å²) in [6.45, 7) is 3.44. The molecule has 2 nitrogen and oxygen atoms in total. The first-order valence-corrected chi connectivity index (χ1v) is 9.01. The van der Waals surface area contributed by atoms with Crippen molar-refractivity contribution in [1.29, 1.82) is 0 Å². The Kier molecular flexibility index (Phi) is 4.45. The number of ether oxygens (including phenoxy) is 1. The van der Waals surface area contributed by atoms with E-state index in [2.05, 4.69) is 0 Å². The molecular weight excluding hydrogens is 347 g/mol. The van der Waals surface area contributed by atoms with Crippen LogP contribution in [-0.2, 0) is 9.53 Å². The molecule has 0 atom stereocenters. The molecule has 0 spiro atoms. The summed E-state index contributed by atoms with van der Waals surface area (Å²) in [5, 5.41) is 0.516. The molecule has 0 aromatic heterocycles. The van der Waals surface area contributed by atoms with Gasteiger partial charge in [0.1, 0.15) is 11.6 Å². The molecule has 0 N–H and O–H groups in total. The fraction of sp³-hybridized carbons (Fsp3) is 0.211. The molecule has 2 aromatic rings. The molecule has 1 heterocycles. The Morgan fingerprint density at radius 3 is 2.38 bits per heavy atom. The highest BCUT2D eigenvalue weighted by atomic mass is 35.5. The Bertz CT molecular complexity index is 841. The van der Waals surface area contributed by atoms with E-state index in [1.54, 1.807) is 37.7 Å². The van der Waals surface area contributed by atoms with Crippen LogP contribution in [0.25, 0.3) is 11.3 Å². The lowest BCUT2D eigenvalue weighted by molar-refractivity contribution is -0.125. The van der Waals surface area contributed by atoms with Gasteiger partial charge < -0.3 is 4.74 Å². The first-order valence-electron chi connectivity index (χ1n) is 7.41. The molecule has 1 aliphatic rings. The van der Waals surface area contributed by atoms with Crippen LogP contribution in [0, 0.1) is 5.82 Å². The fourth-order valence-corrected chi connectivity index (χ4v) is 3.40. The van der Waals surface area contributed by atoms with Gasteiger partial charge in [-0.15, -0.1) is 11.8 Å². The number of thioether (sulfide) groups is 1. The molecular formula is C19H16ClFO2S. The van der Waals surface area contributed by atoms with Crippen LogP contribution in [0.15, 0.2) is 47.4 Å². The first kappa shape index (κ1) is 17.1. The van der Waals surface area contributed by atoms with Gasteiger partial charge in [0.25, 0.3) is 0 Å². The average molecular weight is 363 g/mol. The smallest absolute Gasteiger partial charge is 0.210 e. The number of rotatable bonds is 3. The lowest BCUT2D eigenvalue weighted by atomic mass is 9.92. The minimum absolute atomic E-state index is 0.144. The zero-order chi connectivity index (χ0) is 17.5. The minimum atomic E-state index is -0.986. The molecule has 5 heteroatoms. The molecule has 24 heavy (non-hydrogen) atoms. The number of ketones is 1. The van der Waals surface area contributed by atoms with Crippen LogP contribution in [0.2, 0.25) is 5.02 Å². The van der Waals surface area contributed by atoms with Crippen molar-refractivity contribution in [1.82, 2.24) is 0 Å². The third-order valence-corrected chi connectivity index (χ3v) is 4.95. The maximum atomic E-state index is 13.2. The van der Waals surface area contributed by atoms with E-state index in [1.807, 2.05) is 24.5 Å². The molecule has 0 amide bonds. The summed E-state index contributed by atoms with van der Waals surface area (Å²) in [5.41, 5.74) is 0.721. The molecule has 0 unspecified atom stereocenters. The maximum Gasteiger partial charge on any atom is 0.210 e. The topological polar surface area (TPSA) is 26.3 Å². The summed E-state index contributed by atoms with van der Waals surface area (Å²) in [4.78, 5) is 13.8. The second-order valence-electron chi connectivity index (χ2n) is 6.00. The molecule has 3 rings (SSSR count). The van der Waals surface area contributed by atoms with E-state index >= 15 is 0 Å². The SMILES string of the molecule is CSc1ccc(C2=C(c3ccc(F)cc3)C(=O)C(C)(C)O2)c(Cl)c1. The van der Waals surface area contributed by atoms with Crippen molar-refractivity contribution in [3.05, 3.63) is 64.4 Å². The molecule has 0 radical (unpaired) electrons. The summed E-state index contributed by atoms with van der Waals surface area (Å²) in [6.07, 6.45) is 1.97. The van der Waals surface area contributed by atoms with Gasteiger partial charge in [0.15, 0.2) is 5.60 Å². The molecule has 2 aromatic carbocycles. The molecule has 124 valence electrons. The van der Waals surface area contributed by atoms with Gasteiger partial charge in [-0.05, 0) is 56.0 Å². The van der Waals surface area contributed by atoms with Gasteiger partial charge in [0.05, 0.1) is 10.6 Å². The van der Waals surface area contributed by atoms with Crippen LogP contribution in [0.4, 0.5) is 4.39 Å². The van der Waals surface area contributed by atoms with Crippen molar-refractivity contribution in [3.8, 4) is 0 Å². The Hall–Kier alpha value is -1.78. The normalized spacial score (nSPS) is 16.5. The van der Waals surface area contributed by atoms with E-state index in [1.165, 1.54) is 12.1 Å². The summed E-state index contributed by atoms with van der Waals surface area (Å²) >= 11 is 7.99. The van der Waals surface area contributed by atoms with Crippen molar-refractivity contribution in [2.45, 2.75) is 24.3 Å². The largest absolute Gasteiger partial charge is 0.478 e. The molecule has 0 fully saturated rings. The number of carbonyl (C=O) groups excluding carboxylic acids is 1. The predicted molar refractivity (Wildman–Crippen MR) is 96.6 cm³/mol. The minimum Gasteiger partial charge on any atom is -0.478 e. The number of halogens is 2. The lowest BCUT2D eigenvalue weighted by Crippen LogP contribution is -2.29. The van der Waals surface area contributed by atoms with E-state index in [0.29, 0.717) is 27.5 Å². The summed E-state index contributed by atoms with van der Waals surface area (Å²) in [5.74, 6) is -0.0581. The Labute approximate surface area is 149 Å². The van der Waals surface area contributed by atoms with Gasteiger partial charge in [0.2, 0.25) is 5.78 Å². The molecule has 1 aliphatic heterocycles. The number of benzene rings is 2.